The van der Waals surface area contributed by atoms with Crippen LogP contribution in [0.2, 0.25) is 0 Å². The Hall–Kier alpha value is -3.26. The summed E-state index contributed by atoms with van der Waals surface area (Å²) < 4.78 is 6.01. The third kappa shape index (κ3) is 2.74. The first-order valence-electron chi connectivity index (χ1n) is 9.42. The van der Waals surface area contributed by atoms with E-state index in [2.05, 4.69) is 90.7 Å². The van der Waals surface area contributed by atoms with Crippen LogP contribution in [0.4, 0.5) is 17.3 Å². The summed E-state index contributed by atoms with van der Waals surface area (Å²) in [6.45, 7) is 2.14. The van der Waals surface area contributed by atoms with Crippen molar-refractivity contribution in [3.05, 3.63) is 102 Å². The molecule has 0 atom stereocenters. The molecule has 0 fully saturated rings. The zero-order valence-corrected chi connectivity index (χ0v) is 15.4. The maximum Gasteiger partial charge on any atom is 0.207 e. The molecule has 0 bridgehead atoms. The summed E-state index contributed by atoms with van der Waals surface area (Å²) in [5, 5.41) is 0. The van der Waals surface area contributed by atoms with Gasteiger partial charge in [-0.15, -0.1) is 0 Å². The Morgan fingerprint density at radius 2 is 1.52 bits per heavy atom. The van der Waals surface area contributed by atoms with E-state index in [-0.39, 0.29) is 0 Å². The molecule has 0 aliphatic carbocycles. The van der Waals surface area contributed by atoms with Gasteiger partial charge in [0.15, 0.2) is 0 Å². The molecule has 1 aromatic heterocycles. The van der Waals surface area contributed by atoms with Gasteiger partial charge in [0.05, 0.1) is 17.6 Å². The Labute approximate surface area is 159 Å². The minimum Gasteiger partial charge on any atom is -0.448 e. The Morgan fingerprint density at radius 3 is 2.41 bits per heavy atom. The van der Waals surface area contributed by atoms with Crippen molar-refractivity contribution in [2.24, 2.45) is 0 Å². The number of fused-ring (bicyclic) bond motifs is 2. The van der Waals surface area contributed by atoms with Crippen LogP contribution in [0.3, 0.4) is 0 Å². The van der Waals surface area contributed by atoms with Crippen LogP contribution in [0.15, 0.2) is 89.5 Å². The molecule has 1 aliphatic heterocycles. The highest BCUT2D eigenvalue weighted by molar-refractivity contribution is 5.89. The summed E-state index contributed by atoms with van der Waals surface area (Å²) >= 11 is 0. The number of rotatable bonds is 2. The third-order valence-corrected chi connectivity index (χ3v) is 5.30. The number of nitrogens with zero attached hydrogens (tertiary/aromatic N) is 1. The van der Waals surface area contributed by atoms with Gasteiger partial charge in [-0.3, -0.25) is 4.90 Å². The van der Waals surface area contributed by atoms with E-state index in [1.165, 1.54) is 33.5 Å². The molecular formula is C25H21NO. The number of para-hydroxylation sites is 1. The molecule has 4 aromatic rings. The second kappa shape index (κ2) is 6.48. The highest BCUT2D eigenvalue weighted by Gasteiger charge is 2.26. The van der Waals surface area contributed by atoms with Gasteiger partial charge in [0.1, 0.15) is 0 Å². The average molecular weight is 351 g/mol. The second-order valence-electron chi connectivity index (χ2n) is 7.10. The summed E-state index contributed by atoms with van der Waals surface area (Å²) in [7, 11) is 0. The summed E-state index contributed by atoms with van der Waals surface area (Å²) in [5.74, 6) is 0.931. The van der Waals surface area contributed by atoms with E-state index >= 15 is 0 Å². The minimum atomic E-state index is 0.931. The fraction of sp³-hybridized carbons (Fsp3) is 0.120. The molecule has 0 unspecified atom stereocenters. The Kier molecular flexibility index (Phi) is 3.83. The van der Waals surface area contributed by atoms with E-state index in [9.17, 15) is 0 Å². The standard InChI is InChI=1S/C25H21NO/c1-18-11-14-24(22(17-18)19-7-3-2-4-8-19)26-23-10-6-5-9-20(23)12-13-21-15-16-27-25(21)26/h2-11,14-17H,12-13H2,1H3. The molecule has 1 aliphatic rings. The van der Waals surface area contributed by atoms with Gasteiger partial charge < -0.3 is 4.42 Å². The van der Waals surface area contributed by atoms with E-state index in [0.717, 1.165) is 24.4 Å². The van der Waals surface area contributed by atoms with Crippen LogP contribution in [0.1, 0.15) is 16.7 Å². The SMILES string of the molecule is Cc1ccc(N2c3ccccc3CCc3ccoc32)c(-c2ccccc2)c1. The molecule has 132 valence electrons. The lowest BCUT2D eigenvalue weighted by Crippen LogP contribution is -2.12. The van der Waals surface area contributed by atoms with Gasteiger partial charge in [-0.1, -0.05) is 60.2 Å². The number of benzene rings is 3. The number of hydrogen-bond donors (Lipinski definition) is 0. The quantitative estimate of drug-likeness (QED) is 0.394. The van der Waals surface area contributed by atoms with E-state index in [0.29, 0.717) is 0 Å². The molecule has 2 heterocycles. The smallest absolute Gasteiger partial charge is 0.207 e. The van der Waals surface area contributed by atoms with Crippen molar-refractivity contribution in [1.29, 1.82) is 0 Å². The fourth-order valence-corrected chi connectivity index (χ4v) is 3.97. The maximum absolute atomic E-state index is 6.01. The van der Waals surface area contributed by atoms with Gasteiger partial charge in [0.2, 0.25) is 5.88 Å². The number of furan rings is 1. The molecule has 0 N–H and O–H groups in total. The summed E-state index contributed by atoms with van der Waals surface area (Å²) in [4.78, 5) is 2.29. The summed E-state index contributed by atoms with van der Waals surface area (Å²) in [6, 6.07) is 28.0. The number of anilines is 3. The van der Waals surface area contributed by atoms with Gasteiger partial charge in [0.25, 0.3) is 0 Å². The van der Waals surface area contributed by atoms with Crippen LogP contribution in [-0.2, 0) is 12.8 Å². The first-order valence-corrected chi connectivity index (χ1v) is 9.42. The highest BCUT2D eigenvalue weighted by Crippen LogP contribution is 2.45. The molecule has 5 rings (SSSR count). The Bertz CT molecular complexity index is 1090. The second-order valence-corrected chi connectivity index (χ2v) is 7.10. The van der Waals surface area contributed by atoms with Crippen molar-refractivity contribution in [3.63, 3.8) is 0 Å². The Balaban J connectivity index is 1.79. The van der Waals surface area contributed by atoms with E-state index in [1.54, 1.807) is 0 Å². The minimum absolute atomic E-state index is 0.931. The van der Waals surface area contributed by atoms with Crippen molar-refractivity contribution >= 4 is 17.3 Å². The lowest BCUT2D eigenvalue weighted by atomic mass is 9.99. The lowest BCUT2D eigenvalue weighted by Gasteiger charge is -2.27. The summed E-state index contributed by atoms with van der Waals surface area (Å²) in [6.07, 6.45) is 3.82. The van der Waals surface area contributed by atoms with Gasteiger partial charge in [-0.25, -0.2) is 0 Å². The molecule has 0 spiro atoms. The zero-order chi connectivity index (χ0) is 18.2. The van der Waals surface area contributed by atoms with E-state index < -0.39 is 0 Å². The normalized spacial score (nSPS) is 13.0. The molecule has 3 aromatic carbocycles. The third-order valence-electron chi connectivity index (χ3n) is 5.30. The molecule has 27 heavy (non-hydrogen) atoms. The monoisotopic (exact) mass is 351 g/mol. The molecule has 0 amide bonds. The molecule has 0 saturated carbocycles. The van der Waals surface area contributed by atoms with Crippen LogP contribution in [0, 0.1) is 6.92 Å². The lowest BCUT2D eigenvalue weighted by molar-refractivity contribution is 0.572. The largest absolute Gasteiger partial charge is 0.448 e. The average Bonchev–Trinajstić information content (AvgIpc) is 3.11. The zero-order valence-electron chi connectivity index (χ0n) is 15.4. The van der Waals surface area contributed by atoms with E-state index in [1.807, 2.05) is 6.26 Å². The first kappa shape index (κ1) is 16.0. The Morgan fingerprint density at radius 1 is 0.741 bits per heavy atom. The van der Waals surface area contributed by atoms with Crippen molar-refractivity contribution in [2.45, 2.75) is 19.8 Å². The molecule has 0 saturated heterocycles. The highest BCUT2D eigenvalue weighted by atomic mass is 16.3. The van der Waals surface area contributed by atoms with Crippen LogP contribution in [0.5, 0.6) is 0 Å². The van der Waals surface area contributed by atoms with Gasteiger partial charge >= 0.3 is 0 Å². The molecular weight excluding hydrogens is 330 g/mol. The fourth-order valence-electron chi connectivity index (χ4n) is 3.97. The molecule has 2 nitrogen and oxygen atoms in total. The van der Waals surface area contributed by atoms with Gasteiger partial charge in [0, 0.05) is 11.1 Å². The topological polar surface area (TPSA) is 16.4 Å². The van der Waals surface area contributed by atoms with Crippen LogP contribution in [0.25, 0.3) is 11.1 Å². The number of hydrogen-bond acceptors (Lipinski definition) is 2. The molecule has 2 heteroatoms. The molecule has 0 radical (unpaired) electrons. The van der Waals surface area contributed by atoms with Crippen molar-refractivity contribution in [2.75, 3.05) is 4.90 Å². The maximum atomic E-state index is 6.01. The first-order chi connectivity index (χ1) is 13.3. The van der Waals surface area contributed by atoms with Crippen molar-refractivity contribution < 1.29 is 4.42 Å². The van der Waals surface area contributed by atoms with Crippen LogP contribution in [-0.4, -0.2) is 0 Å². The van der Waals surface area contributed by atoms with Gasteiger partial charge in [-0.2, -0.15) is 0 Å². The number of aryl methyl sites for hydroxylation is 3. The predicted molar refractivity (Wildman–Crippen MR) is 111 cm³/mol. The van der Waals surface area contributed by atoms with Gasteiger partial charge in [-0.05, 0) is 55.2 Å². The summed E-state index contributed by atoms with van der Waals surface area (Å²) in [5.41, 5.74) is 8.64. The van der Waals surface area contributed by atoms with Crippen molar-refractivity contribution in [3.8, 4) is 11.1 Å². The predicted octanol–water partition coefficient (Wildman–Crippen LogP) is 6.82. The van der Waals surface area contributed by atoms with Crippen molar-refractivity contribution in [1.82, 2.24) is 0 Å². The van der Waals surface area contributed by atoms with E-state index in [4.69, 9.17) is 4.42 Å². The van der Waals surface area contributed by atoms with Crippen LogP contribution < -0.4 is 4.90 Å². The van der Waals surface area contributed by atoms with Crippen LogP contribution >= 0.6 is 0 Å².